The Labute approximate surface area is 165 Å². The fourth-order valence-electron chi connectivity index (χ4n) is 4.20. The monoisotopic (exact) mass is 402 g/mol. The van der Waals surface area contributed by atoms with E-state index in [9.17, 15) is 18.9 Å². The number of aliphatic carboxylic acids is 1. The molecule has 148 valence electrons. The van der Waals surface area contributed by atoms with E-state index in [-0.39, 0.29) is 24.1 Å². The number of fused-ring (bicyclic) bond motifs is 3. The van der Waals surface area contributed by atoms with Crippen LogP contribution in [0.2, 0.25) is 0 Å². The number of nitrogens with zero attached hydrogens (tertiary/aromatic N) is 2. The highest BCUT2D eigenvalue weighted by Gasteiger charge is 2.36. The van der Waals surface area contributed by atoms with Crippen molar-refractivity contribution in [2.24, 2.45) is 5.92 Å². The molecule has 8 heteroatoms. The lowest BCUT2D eigenvalue weighted by molar-refractivity contribution is -0.143. The molecule has 3 atom stereocenters. The van der Waals surface area contributed by atoms with Crippen molar-refractivity contribution in [3.63, 3.8) is 0 Å². The van der Waals surface area contributed by atoms with E-state index < -0.39 is 28.7 Å². The van der Waals surface area contributed by atoms with Crippen LogP contribution in [0.25, 0.3) is 11.3 Å². The lowest BCUT2D eigenvalue weighted by Gasteiger charge is -2.29. The molecule has 1 saturated carbocycles. The predicted octanol–water partition coefficient (Wildman–Crippen LogP) is 3.16. The summed E-state index contributed by atoms with van der Waals surface area (Å²) in [6.45, 7) is 1.96. The molecule has 7 nitrogen and oxygen atoms in total. The van der Waals surface area contributed by atoms with Crippen LogP contribution in [0.1, 0.15) is 54.7 Å². The summed E-state index contributed by atoms with van der Waals surface area (Å²) in [7, 11) is -1.27. The first-order valence-electron chi connectivity index (χ1n) is 9.50. The Hall–Kier alpha value is -2.48. The maximum atomic E-state index is 12.8. The number of carboxylic acid groups (broad SMARTS) is 1. The van der Waals surface area contributed by atoms with Crippen molar-refractivity contribution in [1.29, 1.82) is 0 Å². The first kappa shape index (κ1) is 18.9. The minimum Gasteiger partial charge on any atom is -0.481 e. The molecular formula is C20H22N2O5S. The van der Waals surface area contributed by atoms with Crippen molar-refractivity contribution in [3.8, 4) is 11.3 Å². The summed E-state index contributed by atoms with van der Waals surface area (Å²) < 4.78 is 19.7. The van der Waals surface area contributed by atoms with Crippen molar-refractivity contribution in [2.75, 3.05) is 6.61 Å². The van der Waals surface area contributed by atoms with Gasteiger partial charge in [-0.2, -0.15) is 5.10 Å². The molecule has 0 amide bonds. The number of hydrogen-bond donors (Lipinski definition) is 1. The summed E-state index contributed by atoms with van der Waals surface area (Å²) >= 11 is 0. The molecule has 2 aromatic rings. The number of rotatable bonds is 4. The van der Waals surface area contributed by atoms with Crippen LogP contribution in [0, 0.1) is 5.92 Å². The first-order valence-corrected chi connectivity index (χ1v) is 10.8. The molecule has 3 unspecified atom stereocenters. The molecule has 0 saturated heterocycles. The lowest BCUT2D eigenvalue weighted by atomic mass is 9.85. The fraction of sp³-hybridized carbons (Fsp3) is 0.450. The Morgan fingerprint density at radius 3 is 2.86 bits per heavy atom. The molecule has 2 heterocycles. The van der Waals surface area contributed by atoms with Crippen molar-refractivity contribution >= 4 is 22.7 Å². The van der Waals surface area contributed by atoms with Gasteiger partial charge in [-0.3, -0.25) is 13.7 Å². The number of carbonyl (C=O) groups excluding carboxylic acids is 1. The number of hydrogen-bond acceptors (Lipinski definition) is 5. The Morgan fingerprint density at radius 2 is 2.11 bits per heavy atom. The third kappa shape index (κ3) is 3.15. The van der Waals surface area contributed by atoms with E-state index in [0.717, 1.165) is 29.0 Å². The highest BCUT2D eigenvalue weighted by Crippen LogP contribution is 2.42. The highest BCUT2D eigenvalue weighted by molar-refractivity contribution is 7.84. The van der Waals surface area contributed by atoms with Crippen LogP contribution in [0.15, 0.2) is 29.2 Å². The summed E-state index contributed by atoms with van der Waals surface area (Å²) in [6.07, 6.45) is 2.71. The predicted molar refractivity (Wildman–Crippen MR) is 102 cm³/mol. The molecule has 1 N–H and O–H groups in total. The van der Waals surface area contributed by atoms with Crippen molar-refractivity contribution in [3.05, 3.63) is 35.5 Å². The molecule has 1 aliphatic carbocycles. The zero-order chi connectivity index (χ0) is 19.8. The Morgan fingerprint density at radius 1 is 1.32 bits per heavy atom. The average molecular weight is 402 g/mol. The largest absolute Gasteiger partial charge is 0.481 e. The smallest absolute Gasteiger partial charge is 0.359 e. The zero-order valence-corrected chi connectivity index (χ0v) is 16.4. The van der Waals surface area contributed by atoms with Gasteiger partial charge < -0.3 is 9.84 Å². The van der Waals surface area contributed by atoms with Crippen LogP contribution < -0.4 is 0 Å². The topological polar surface area (TPSA) is 98.5 Å². The Bertz CT molecular complexity index is 968. The maximum Gasteiger partial charge on any atom is 0.359 e. The van der Waals surface area contributed by atoms with Crippen LogP contribution >= 0.6 is 0 Å². The standard InChI is InChI=1S/C20H22N2O5S/c1-2-27-20(25)17-15-11-28(26)16-9-4-3-8-14(16)18(15)22(21-17)13-7-5-6-12(10-13)19(23)24/h3-4,8-9,12-13H,2,5-7,10-11H2,1H3,(H,23,24). The van der Waals surface area contributed by atoms with E-state index in [4.69, 9.17) is 4.74 Å². The van der Waals surface area contributed by atoms with Crippen molar-refractivity contribution < 1.29 is 23.6 Å². The van der Waals surface area contributed by atoms with Crippen molar-refractivity contribution in [1.82, 2.24) is 9.78 Å². The van der Waals surface area contributed by atoms with Gasteiger partial charge in [0.2, 0.25) is 0 Å². The van der Waals surface area contributed by atoms with E-state index in [0.29, 0.717) is 18.4 Å². The molecule has 1 aromatic carbocycles. The summed E-state index contributed by atoms with van der Waals surface area (Å²) in [4.78, 5) is 24.7. The third-order valence-corrected chi connectivity index (χ3v) is 6.88. The fourth-order valence-corrected chi connectivity index (χ4v) is 5.53. The number of esters is 1. The number of carbonyl (C=O) groups is 2. The molecular weight excluding hydrogens is 380 g/mol. The van der Waals surface area contributed by atoms with Gasteiger partial charge in [-0.25, -0.2) is 4.79 Å². The third-order valence-electron chi connectivity index (χ3n) is 5.48. The normalized spacial score (nSPS) is 23.5. The van der Waals surface area contributed by atoms with Crippen LogP contribution in [0.4, 0.5) is 0 Å². The Kier molecular flexibility index (Phi) is 5.05. The summed E-state index contributed by atoms with van der Waals surface area (Å²) in [5, 5.41) is 14.0. The summed E-state index contributed by atoms with van der Waals surface area (Å²) in [6, 6.07) is 7.31. The van der Waals surface area contributed by atoms with Gasteiger partial charge in [0.25, 0.3) is 0 Å². The maximum absolute atomic E-state index is 12.8. The molecule has 1 aliphatic heterocycles. The second kappa shape index (κ2) is 7.50. The van der Waals surface area contributed by atoms with Gasteiger partial charge in [0, 0.05) is 16.0 Å². The van der Waals surface area contributed by atoms with Gasteiger partial charge >= 0.3 is 11.9 Å². The van der Waals surface area contributed by atoms with E-state index >= 15 is 0 Å². The van der Waals surface area contributed by atoms with Gasteiger partial charge in [0.1, 0.15) is 0 Å². The van der Waals surface area contributed by atoms with Crippen LogP contribution in [-0.4, -0.2) is 37.6 Å². The number of ether oxygens (including phenoxy) is 1. The quantitative estimate of drug-likeness (QED) is 0.789. The van der Waals surface area contributed by atoms with E-state index in [1.54, 1.807) is 11.6 Å². The zero-order valence-electron chi connectivity index (χ0n) is 15.6. The molecule has 1 fully saturated rings. The van der Waals surface area contributed by atoms with E-state index in [1.165, 1.54) is 0 Å². The van der Waals surface area contributed by atoms with Gasteiger partial charge in [0.15, 0.2) is 5.69 Å². The molecule has 0 bridgehead atoms. The lowest BCUT2D eigenvalue weighted by Crippen LogP contribution is -2.26. The van der Waals surface area contributed by atoms with Crippen molar-refractivity contribution in [2.45, 2.75) is 49.3 Å². The van der Waals surface area contributed by atoms with Gasteiger partial charge in [-0.05, 0) is 32.3 Å². The van der Waals surface area contributed by atoms with Gasteiger partial charge in [-0.1, -0.05) is 24.6 Å². The van der Waals surface area contributed by atoms with E-state index in [1.807, 2.05) is 24.3 Å². The minimum atomic E-state index is -1.27. The molecule has 0 spiro atoms. The molecule has 4 rings (SSSR count). The minimum absolute atomic E-state index is 0.119. The van der Waals surface area contributed by atoms with Crippen LogP contribution in [-0.2, 0) is 26.1 Å². The Balaban J connectivity index is 1.86. The SMILES string of the molecule is CCOC(=O)c1nn(C2CCCC(C(=O)O)C2)c2c1CS(=O)c1ccccc1-2. The van der Waals surface area contributed by atoms with Gasteiger partial charge in [-0.15, -0.1) is 0 Å². The summed E-state index contributed by atoms with van der Waals surface area (Å²) in [5.74, 6) is -1.54. The van der Waals surface area contributed by atoms with E-state index in [2.05, 4.69) is 5.10 Å². The van der Waals surface area contributed by atoms with Crippen LogP contribution in [0.5, 0.6) is 0 Å². The first-order chi connectivity index (χ1) is 13.5. The summed E-state index contributed by atoms with van der Waals surface area (Å²) in [5.41, 5.74) is 2.39. The average Bonchev–Trinajstić information content (AvgIpc) is 3.08. The molecule has 0 radical (unpaired) electrons. The number of benzene rings is 1. The number of carboxylic acids is 1. The molecule has 1 aromatic heterocycles. The van der Waals surface area contributed by atoms with Crippen LogP contribution in [0.3, 0.4) is 0 Å². The van der Waals surface area contributed by atoms with Gasteiger partial charge in [0.05, 0.1) is 40.8 Å². The molecule has 28 heavy (non-hydrogen) atoms. The molecule has 2 aliphatic rings. The second-order valence-corrected chi connectivity index (χ2v) is 8.60. The highest BCUT2D eigenvalue weighted by atomic mass is 32.2. The second-order valence-electron chi connectivity index (χ2n) is 7.18. The number of aromatic nitrogens is 2.